The number of sulfonamides is 1. The zero-order valence-corrected chi connectivity index (χ0v) is 18.7. The summed E-state index contributed by atoms with van der Waals surface area (Å²) in [5.74, 6) is -0.260. The molecule has 1 amide bonds. The maximum absolute atomic E-state index is 12.8. The van der Waals surface area contributed by atoms with Gasteiger partial charge in [0.15, 0.2) is 5.69 Å². The Morgan fingerprint density at radius 3 is 2.56 bits per heavy atom. The molecule has 10 heteroatoms. The number of fused-ring (bicyclic) bond motifs is 1. The highest BCUT2D eigenvalue weighted by Crippen LogP contribution is 2.21. The van der Waals surface area contributed by atoms with E-state index < -0.39 is 10.0 Å². The lowest BCUT2D eigenvalue weighted by Crippen LogP contribution is -2.40. The van der Waals surface area contributed by atoms with Crippen molar-refractivity contribution in [1.29, 1.82) is 0 Å². The van der Waals surface area contributed by atoms with Crippen LogP contribution in [0.4, 0.5) is 0 Å². The standard InChI is InChI=1S/C22H26N4O5S/c1-30-13-10-23-22(27)21-19-4-2-3-5-20(19)26(24-21)16-17-6-8-18(9-7-17)32(28,29)25-11-14-31-15-12-25/h2-9H,10-16H2,1H3,(H,23,27). The highest BCUT2D eigenvalue weighted by molar-refractivity contribution is 7.89. The fraction of sp³-hybridized carbons (Fsp3) is 0.364. The molecule has 1 aliphatic heterocycles. The van der Waals surface area contributed by atoms with Gasteiger partial charge in [0.25, 0.3) is 5.91 Å². The van der Waals surface area contributed by atoms with Gasteiger partial charge in [-0.05, 0) is 23.8 Å². The normalized spacial score (nSPS) is 15.2. The van der Waals surface area contributed by atoms with Gasteiger partial charge in [0.05, 0.1) is 36.8 Å². The molecule has 0 saturated carbocycles. The van der Waals surface area contributed by atoms with Crippen LogP contribution in [0.15, 0.2) is 53.4 Å². The van der Waals surface area contributed by atoms with Crippen LogP contribution in [-0.4, -0.2) is 75.0 Å². The Hall–Kier alpha value is -2.79. The minimum atomic E-state index is -3.54. The average molecular weight is 459 g/mol. The molecule has 0 radical (unpaired) electrons. The molecule has 9 nitrogen and oxygen atoms in total. The largest absolute Gasteiger partial charge is 0.383 e. The lowest BCUT2D eigenvalue weighted by molar-refractivity contribution is 0.0730. The van der Waals surface area contributed by atoms with E-state index in [-0.39, 0.29) is 10.8 Å². The fourth-order valence-corrected chi connectivity index (χ4v) is 5.05. The van der Waals surface area contributed by atoms with Gasteiger partial charge in [0, 0.05) is 32.1 Å². The fourth-order valence-electron chi connectivity index (χ4n) is 3.64. The van der Waals surface area contributed by atoms with Gasteiger partial charge in [-0.15, -0.1) is 0 Å². The Labute approximate surface area is 187 Å². The second-order valence-corrected chi connectivity index (χ2v) is 9.37. The van der Waals surface area contributed by atoms with Gasteiger partial charge in [-0.2, -0.15) is 9.40 Å². The molecule has 1 saturated heterocycles. The van der Waals surface area contributed by atoms with Gasteiger partial charge in [-0.3, -0.25) is 9.48 Å². The number of hydrogen-bond donors (Lipinski definition) is 1. The van der Waals surface area contributed by atoms with Gasteiger partial charge in [0.1, 0.15) is 0 Å². The van der Waals surface area contributed by atoms with Crippen molar-refractivity contribution in [2.24, 2.45) is 0 Å². The maximum atomic E-state index is 12.8. The van der Waals surface area contributed by atoms with Crippen LogP contribution in [0, 0.1) is 0 Å². The number of nitrogens with one attached hydrogen (secondary N) is 1. The number of methoxy groups -OCH3 is 1. The monoisotopic (exact) mass is 458 g/mol. The molecule has 0 aliphatic carbocycles. The van der Waals surface area contributed by atoms with E-state index in [1.165, 1.54) is 4.31 Å². The molecule has 3 aromatic rings. The van der Waals surface area contributed by atoms with Crippen LogP contribution < -0.4 is 5.32 Å². The highest BCUT2D eigenvalue weighted by atomic mass is 32.2. The summed E-state index contributed by atoms with van der Waals surface area (Å²) in [5.41, 5.74) is 2.06. The van der Waals surface area contributed by atoms with E-state index in [9.17, 15) is 13.2 Å². The van der Waals surface area contributed by atoms with Crippen LogP contribution in [0.1, 0.15) is 16.1 Å². The van der Waals surface area contributed by atoms with Gasteiger partial charge in [-0.1, -0.05) is 30.3 Å². The van der Waals surface area contributed by atoms with Crippen LogP contribution in [0.25, 0.3) is 10.9 Å². The van der Waals surface area contributed by atoms with E-state index in [4.69, 9.17) is 9.47 Å². The first-order valence-electron chi connectivity index (χ1n) is 10.4. The van der Waals surface area contributed by atoms with Gasteiger partial charge < -0.3 is 14.8 Å². The molecule has 4 rings (SSSR count). The summed E-state index contributed by atoms with van der Waals surface area (Å²) in [6.07, 6.45) is 0. The minimum Gasteiger partial charge on any atom is -0.383 e. The quantitative estimate of drug-likeness (QED) is 0.513. The number of aromatic nitrogens is 2. The van der Waals surface area contributed by atoms with Crippen LogP contribution in [0.3, 0.4) is 0 Å². The molecule has 0 unspecified atom stereocenters. The van der Waals surface area contributed by atoms with Gasteiger partial charge in [-0.25, -0.2) is 8.42 Å². The SMILES string of the molecule is COCCNC(=O)c1nn(Cc2ccc(S(=O)(=O)N3CCOCC3)cc2)c2ccccc12. The molecule has 0 atom stereocenters. The number of para-hydroxylation sites is 1. The Morgan fingerprint density at radius 1 is 1.12 bits per heavy atom. The van der Waals surface area contributed by atoms with E-state index >= 15 is 0 Å². The predicted octanol–water partition coefficient (Wildman–Crippen LogP) is 1.48. The summed E-state index contributed by atoms with van der Waals surface area (Å²) in [6, 6.07) is 14.3. The second kappa shape index (κ2) is 9.78. The molecule has 32 heavy (non-hydrogen) atoms. The third kappa shape index (κ3) is 4.68. The Balaban J connectivity index is 1.55. The summed E-state index contributed by atoms with van der Waals surface area (Å²) >= 11 is 0. The first kappa shape index (κ1) is 22.4. The van der Waals surface area contributed by atoms with Crippen molar-refractivity contribution in [3.05, 3.63) is 59.8 Å². The first-order chi connectivity index (χ1) is 15.5. The van der Waals surface area contributed by atoms with Crippen molar-refractivity contribution in [2.75, 3.05) is 46.6 Å². The molecule has 1 fully saturated rings. The van der Waals surface area contributed by atoms with Gasteiger partial charge >= 0.3 is 0 Å². The number of ether oxygens (including phenoxy) is 2. The first-order valence-corrected chi connectivity index (χ1v) is 11.8. The number of morpholine rings is 1. The maximum Gasteiger partial charge on any atom is 0.272 e. The van der Waals surface area contributed by atoms with E-state index in [1.54, 1.807) is 36.1 Å². The van der Waals surface area contributed by atoms with Crippen LogP contribution in [0.2, 0.25) is 0 Å². The van der Waals surface area contributed by atoms with Crippen molar-refractivity contribution >= 4 is 26.8 Å². The number of hydrogen-bond acceptors (Lipinski definition) is 6. The number of nitrogens with zero attached hydrogens (tertiary/aromatic N) is 3. The van der Waals surface area contributed by atoms with Crippen molar-refractivity contribution in [1.82, 2.24) is 19.4 Å². The van der Waals surface area contributed by atoms with E-state index in [1.807, 2.05) is 24.3 Å². The Kier molecular flexibility index (Phi) is 6.85. The molecular weight excluding hydrogens is 432 g/mol. The van der Waals surface area contributed by atoms with E-state index in [0.29, 0.717) is 51.7 Å². The third-order valence-electron chi connectivity index (χ3n) is 5.33. The molecule has 0 bridgehead atoms. The van der Waals surface area contributed by atoms with Crippen molar-refractivity contribution < 1.29 is 22.7 Å². The average Bonchev–Trinajstić information content (AvgIpc) is 3.19. The summed E-state index contributed by atoms with van der Waals surface area (Å²) < 4.78 is 39.1. The summed E-state index contributed by atoms with van der Waals surface area (Å²) in [5, 5.41) is 8.09. The lowest BCUT2D eigenvalue weighted by Gasteiger charge is -2.26. The summed E-state index contributed by atoms with van der Waals surface area (Å²) in [6.45, 7) is 2.76. The van der Waals surface area contributed by atoms with Crippen molar-refractivity contribution in [2.45, 2.75) is 11.4 Å². The number of carbonyl (C=O) groups excluding carboxylic acids is 1. The van der Waals surface area contributed by atoms with E-state index in [2.05, 4.69) is 10.4 Å². The topological polar surface area (TPSA) is 103 Å². The molecule has 2 aromatic carbocycles. The lowest BCUT2D eigenvalue weighted by atomic mass is 10.2. The van der Waals surface area contributed by atoms with Crippen LogP contribution in [0.5, 0.6) is 0 Å². The number of benzene rings is 2. The predicted molar refractivity (Wildman–Crippen MR) is 119 cm³/mol. The Bertz CT molecular complexity index is 1180. The molecule has 1 aromatic heterocycles. The third-order valence-corrected chi connectivity index (χ3v) is 7.24. The minimum absolute atomic E-state index is 0.256. The zero-order valence-electron chi connectivity index (χ0n) is 17.9. The number of amides is 1. The second-order valence-electron chi connectivity index (χ2n) is 7.43. The molecule has 0 spiro atoms. The summed E-state index contributed by atoms with van der Waals surface area (Å²) in [4.78, 5) is 12.8. The molecule has 2 heterocycles. The smallest absolute Gasteiger partial charge is 0.272 e. The van der Waals surface area contributed by atoms with Crippen molar-refractivity contribution in [3.8, 4) is 0 Å². The summed E-state index contributed by atoms with van der Waals surface area (Å²) in [7, 11) is -1.96. The van der Waals surface area contributed by atoms with Crippen molar-refractivity contribution in [3.63, 3.8) is 0 Å². The molecule has 170 valence electrons. The molecule has 1 N–H and O–H groups in total. The Morgan fingerprint density at radius 2 is 1.84 bits per heavy atom. The van der Waals surface area contributed by atoms with Crippen LogP contribution >= 0.6 is 0 Å². The highest BCUT2D eigenvalue weighted by Gasteiger charge is 2.26. The van der Waals surface area contributed by atoms with E-state index in [0.717, 1.165) is 16.5 Å². The number of rotatable bonds is 8. The van der Waals surface area contributed by atoms with Gasteiger partial charge in [0.2, 0.25) is 10.0 Å². The van der Waals surface area contributed by atoms with Crippen LogP contribution in [-0.2, 0) is 26.0 Å². The number of carbonyl (C=O) groups is 1. The zero-order chi connectivity index (χ0) is 22.6. The molecule has 1 aliphatic rings. The molecular formula is C22H26N4O5S.